The SMILES string of the molecule is O=C(Nc1nnc(C2CCCO2)o1)c1cccc(Oc2ccccc2)c1. The highest BCUT2D eigenvalue weighted by Gasteiger charge is 2.24. The average molecular weight is 351 g/mol. The zero-order valence-corrected chi connectivity index (χ0v) is 13.9. The van der Waals surface area contributed by atoms with Gasteiger partial charge in [-0.1, -0.05) is 29.4 Å². The van der Waals surface area contributed by atoms with Crippen LogP contribution in [0.4, 0.5) is 6.01 Å². The van der Waals surface area contributed by atoms with Crippen LogP contribution in [0.2, 0.25) is 0 Å². The van der Waals surface area contributed by atoms with Gasteiger partial charge in [0.25, 0.3) is 5.91 Å². The molecule has 0 bridgehead atoms. The minimum atomic E-state index is -0.356. The van der Waals surface area contributed by atoms with Gasteiger partial charge in [0.2, 0.25) is 5.89 Å². The Morgan fingerprint density at radius 1 is 1.08 bits per heavy atom. The molecule has 1 fully saturated rings. The van der Waals surface area contributed by atoms with Crippen LogP contribution in [0.5, 0.6) is 11.5 Å². The number of amides is 1. The predicted octanol–water partition coefficient (Wildman–Crippen LogP) is 3.97. The minimum Gasteiger partial charge on any atom is -0.457 e. The van der Waals surface area contributed by atoms with Crippen molar-refractivity contribution in [1.29, 1.82) is 0 Å². The lowest BCUT2D eigenvalue weighted by Gasteiger charge is -2.07. The van der Waals surface area contributed by atoms with Crippen LogP contribution in [-0.4, -0.2) is 22.7 Å². The summed E-state index contributed by atoms with van der Waals surface area (Å²) in [6, 6.07) is 16.3. The van der Waals surface area contributed by atoms with E-state index in [4.69, 9.17) is 13.9 Å². The van der Waals surface area contributed by atoms with E-state index in [9.17, 15) is 4.79 Å². The Balaban J connectivity index is 1.44. The molecule has 3 aromatic rings. The van der Waals surface area contributed by atoms with E-state index in [2.05, 4.69) is 15.5 Å². The summed E-state index contributed by atoms with van der Waals surface area (Å²) in [7, 11) is 0. The second-order valence-corrected chi connectivity index (χ2v) is 5.84. The highest BCUT2D eigenvalue weighted by Crippen LogP contribution is 2.28. The number of anilines is 1. The second-order valence-electron chi connectivity index (χ2n) is 5.84. The van der Waals surface area contributed by atoms with Crippen LogP contribution in [0.25, 0.3) is 0 Å². The zero-order valence-electron chi connectivity index (χ0n) is 13.9. The molecule has 26 heavy (non-hydrogen) atoms. The molecule has 4 rings (SSSR count). The molecule has 0 aliphatic carbocycles. The van der Waals surface area contributed by atoms with E-state index in [1.807, 2.05) is 30.3 Å². The first-order valence-electron chi connectivity index (χ1n) is 8.37. The van der Waals surface area contributed by atoms with Crippen LogP contribution in [-0.2, 0) is 4.74 Å². The number of benzene rings is 2. The lowest BCUT2D eigenvalue weighted by Crippen LogP contribution is -2.12. The van der Waals surface area contributed by atoms with Gasteiger partial charge in [0.05, 0.1) is 0 Å². The molecule has 2 aromatic carbocycles. The Bertz CT molecular complexity index is 889. The maximum Gasteiger partial charge on any atom is 0.322 e. The third kappa shape index (κ3) is 3.73. The molecule has 1 aromatic heterocycles. The predicted molar refractivity (Wildman–Crippen MR) is 93.1 cm³/mol. The van der Waals surface area contributed by atoms with E-state index in [0.29, 0.717) is 29.6 Å². The summed E-state index contributed by atoms with van der Waals surface area (Å²) in [6.07, 6.45) is 1.62. The molecule has 0 saturated carbocycles. The van der Waals surface area contributed by atoms with Crippen LogP contribution in [0, 0.1) is 0 Å². The van der Waals surface area contributed by atoms with Crippen LogP contribution < -0.4 is 10.1 Å². The zero-order chi connectivity index (χ0) is 17.8. The Kier molecular flexibility index (Phi) is 4.61. The summed E-state index contributed by atoms with van der Waals surface area (Å²) in [4.78, 5) is 12.4. The van der Waals surface area contributed by atoms with E-state index in [1.54, 1.807) is 24.3 Å². The number of carbonyl (C=O) groups excluding carboxylic acids is 1. The van der Waals surface area contributed by atoms with Gasteiger partial charge in [-0.05, 0) is 43.2 Å². The number of ether oxygens (including phenoxy) is 2. The van der Waals surface area contributed by atoms with Crippen LogP contribution in [0.15, 0.2) is 59.0 Å². The third-order valence-electron chi connectivity index (χ3n) is 3.94. The van der Waals surface area contributed by atoms with Crippen molar-refractivity contribution in [1.82, 2.24) is 10.2 Å². The van der Waals surface area contributed by atoms with E-state index in [1.165, 1.54) is 0 Å². The number of aromatic nitrogens is 2. The van der Waals surface area contributed by atoms with E-state index >= 15 is 0 Å². The molecular formula is C19H17N3O4. The Hall–Kier alpha value is -3.19. The van der Waals surface area contributed by atoms with Crippen molar-refractivity contribution >= 4 is 11.9 Å². The molecule has 0 radical (unpaired) electrons. The molecule has 7 heteroatoms. The molecule has 1 amide bonds. The summed E-state index contributed by atoms with van der Waals surface area (Å²) in [5.74, 6) is 1.29. The molecule has 1 atom stereocenters. The number of carbonyl (C=O) groups is 1. The highest BCUT2D eigenvalue weighted by atomic mass is 16.5. The third-order valence-corrected chi connectivity index (χ3v) is 3.94. The van der Waals surface area contributed by atoms with Crippen molar-refractivity contribution in [2.75, 3.05) is 11.9 Å². The van der Waals surface area contributed by atoms with Crippen molar-refractivity contribution < 1.29 is 18.7 Å². The van der Waals surface area contributed by atoms with Crippen LogP contribution >= 0.6 is 0 Å². The highest BCUT2D eigenvalue weighted by molar-refractivity contribution is 6.03. The van der Waals surface area contributed by atoms with Crippen LogP contribution in [0.3, 0.4) is 0 Å². The normalized spacial score (nSPS) is 16.4. The van der Waals surface area contributed by atoms with Gasteiger partial charge in [-0.3, -0.25) is 10.1 Å². The molecule has 1 aliphatic heterocycles. The average Bonchev–Trinajstić information content (AvgIpc) is 3.34. The molecule has 7 nitrogen and oxygen atoms in total. The molecular weight excluding hydrogens is 334 g/mol. The molecule has 1 unspecified atom stereocenters. The Morgan fingerprint density at radius 3 is 2.73 bits per heavy atom. The monoisotopic (exact) mass is 351 g/mol. The first kappa shape index (κ1) is 16.3. The van der Waals surface area contributed by atoms with Gasteiger partial charge in [0, 0.05) is 12.2 Å². The molecule has 1 N–H and O–H groups in total. The van der Waals surface area contributed by atoms with Crippen molar-refractivity contribution in [3.8, 4) is 11.5 Å². The smallest absolute Gasteiger partial charge is 0.322 e. The second kappa shape index (κ2) is 7.37. The summed E-state index contributed by atoms with van der Waals surface area (Å²) < 4.78 is 16.7. The quantitative estimate of drug-likeness (QED) is 0.748. The largest absolute Gasteiger partial charge is 0.457 e. The summed E-state index contributed by atoms with van der Waals surface area (Å²) >= 11 is 0. The fourth-order valence-corrected chi connectivity index (χ4v) is 2.68. The van der Waals surface area contributed by atoms with E-state index in [0.717, 1.165) is 12.8 Å². The van der Waals surface area contributed by atoms with Crippen molar-refractivity contribution in [3.05, 3.63) is 66.1 Å². The lowest BCUT2D eigenvalue weighted by molar-refractivity contribution is 0.0893. The van der Waals surface area contributed by atoms with Crippen molar-refractivity contribution in [3.63, 3.8) is 0 Å². The fourth-order valence-electron chi connectivity index (χ4n) is 2.68. The standard InChI is InChI=1S/C19H17N3O4/c23-17(20-19-22-21-18(26-19)16-10-5-11-24-16)13-6-4-9-15(12-13)25-14-7-2-1-3-8-14/h1-4,6-9,12,16H,5,10-11H2,(H,20,22,23). The van der Waals surface area contributed by atoms with Gasteiger partial charge < -0.3 is 13.9 Å². The molecule has 1 saturated heterocycles. The van der Waals surface area contributed by atoms with Gasteiger partial charge in [-0.15, -0.1) is 5.10 Å². The molecule has 1 aliphatic rings. The maximum absolute atomic E-state index is 12.4. The van der Waals surface area contributed by atoms with Crippen LogP contribution in [0.1, 0.15) is 35.2 Å². The van der Waals surface area contributed by atoms with Crippen molar-refractivity contribution in [2.24, 2.45) is 0 Å². The van der Waals surface area contributed by atoms with E-state index in [-0.39, 0.29) is 18.0 Å². The van der Waals surface area contributed by atoms with Gasteiger partial charge >= 0.3 is 6.01 Å². The number of para-hydroxylation sites is 1. The lowest BCUT2D eigenvalue weighted by atomic mass is 10.2. The summed E-state index contributed by atoms with van der Waals surface area (Å²) in [6.45, 7) is 0.683. The maximum atomic E-state index is 12.4. The Labute approximate surface area is 150 Å². The topological polar surface area (TPSA) is 86.5 Å². The number of hydrogen-bond donors (Lipinski definition) is 1. The molecule has 2 heterocycles. The molecule has 132 valence electrons. The Morgan fingerprint density at radius 2 is 1.92 bits per heavy atom. The summed E-state index contributed by atoms with van der Waals surface area (Å²) in [5, 5.41) is 10.4. The number of hydrogen-bond acceptors (Lipinski definition) is 6. The summed E-state index contributed by atoms with van der Waals surface area (Å²) in [5.41, 5.74) is 0.426. The number of rotatable bonds is 5. The van der Waals surface area contributed by atoms with Gasteiger partial charge in [-0.2, -0.15) is 0 Å². The van der Waals surface area contributed by atoms with Gasteiger partial charge in [0.1, 0.15) is 17.6 Å². The van der Waals surface area contributed by atoms with Crippen molar-refractivity contribution in [2.45, 2.75) is 18.9 Å². The van der Waals surface area contributed by atoms with Gasteiger partial charge in [0.15, 0.2) is 0 Å². The first-order chi connectivity index (χ1) is 12.8. The first-order valence-corrected chi connectivity index (χ1v) is 8.37. The minimum absolute atomic E-state index is 0.0508. The van der Waals surface area contributed by atoms with Gasteiger partial charge in [-0.25, -0.2) is 0 Å². The molecule has 0 spiro atoms. The fraction of sp³-hybridized carbons (Fsp3) is 0.211. The van der Waals surface area contributed by atoms with E-state index < -0.39 is 0 Å². The number of nitrogens with one attached hydrogen (secondary N) is 1. The number of nitrogens with zero attached hydrogens (tertiary/aromatic N) is 2.